The van der Waals surface area contributed by atoms with Crippen LogP contribution in [0.1, 0.15) is 33.3 Å². The van der Waals surface area contributed by atoms with Gasteiger partial charge in [-0.2, -0.15) is 0 Å². The van der Waals surface area contributed by atoms with E-state index in [9.17, 15) is 9.59 Å². The molecule has 0 saturated carbocycles. The molecule has 110 valence electrons. The Morgan fingerprint density at radius 2 is 1.95 bits per heavy atom. The van der Waals surface area contributed by atoms with Gasteiger partial charge in [-0.1, -0.05) is 0 Å². The van der Waals surface area contributed by atoms with Crippen LogP contribution < -0.4 is 0 Å². The van der Waals surface area contributed by atoms with E-state index in [1.807, 2.05) is 12.1 Å². The zero-order valence-corrected chi connectivity index (χ0v) is 12.5. The highest BCUT2D eigenvalue weighted by Crippen LogP contribution is 2.11. The van der Waals surface area contributed by atoms with Gasteiger partial charge in [0.25, 0.3) is 5.91 Å². The minimum absolute atomic E-state index is 0.0379. The van der Waals surface area contributed by atoms with Crippen molar-refractivity contribution in [2.45, 2.75) is 13.3 Å². The highest BCUT2D eigenvalue weighted by Gasteiger charge is 2.17. The van der Waals surface area contributed by atoms with E-state index < -0.39 is 0 Å². The Balaban J connectivity index is 2.04. The molecular weight excluding hydrogens is 266 g/mol. The molecule has 0 spiro atoms. The minimum atomic E-state index is -0.0842. The molecule has 2 aromatic rings. The molecule has 21 heavy (non-hydrogen) atoms. The molecule has 0 fully saturated rings. The summed E-state index contributed by atoms with van der Waals surface area (Å²) in [4.78, 5) is 29.4. The fraction of sp³-hybridized carbons (Fsp3) is 0.312. The molecule has 5 heteroatoms. The summed E-state index contributed by atoms with van der Waals surface area (Å²) in [5.74, 6) is -0.122. The van der Waals surface area contributed by atoms with Crippen LogP contribution in [0.2, 0.25) is 0 Å². The number of hydrogen-bond donors (Lipinski definition) is 0. The molecule has 5 nitrogen and oxygen atoms in total. The van der Waals surface area contributed by atoms with Gasteiger partial charge >= 0.3 is 0 Å². The van der Waals surface area contributed by atoms with Crippen molar-refractivity contribution in [2.75, 3.05) is 13.6 Å². The SMILES string of the molecule is CC(=O)c1cc(C(=O)N(C)CCc2ccncc2)n(C)c1. The molecule has 0 saturated heterocycles. The predicted molar refractivity (Wildman–Crippen MR) is 80.3 cm³/mol. The van der Waals surface area contributed by atoms with Crippen molar-refractivity contribution in [1.29, 1.82) is 0 Å². The highest BCUT2D eigenvalue weighted by atomic mass is 16.2. The Morgan fingerprint density at radius 1 is 1.29 bits per heavy atom. The van der Waals surface area contributed by atoms with E-state index in [1.165, 1.54) is 6.92 Å². The summed E-state index contributed by atoms with van der Waals surface area (Å²) in [7, 11) is 3.54. The zero-order valence-electron chi connectivity index (χ0n) is 12.5. The molecule has 0 unspecified atom stereocenters. The van der Waals surface area contributed by atoms with Gasteiger partial charge in [-0.3, -0.25) is 14.6 Å². The summed E-state index contributed by atoms with van der Waals surface area (Å²) < 4.78 is 1.70. The summed E-state index contributed by atoms with van der Waals surface area (Å²) in [6.07, 6.45) is 5.95. The first-order valence-electron chi connectivity index (χ1n) is 6.80. The van der Waals surface area contributed by atoms with Crippen LogP contribution >= 0.6 is 0 Å². The van der Waals surface area contributed by atoms with Gasteiger partial charge < -0.3 is 9.47 Å². The molecule has 0 N–H and O–H groups in total. The fourth-order valence-corrected chi connectivity index (χ4v) is 2.11. The summed E-state index contributed by atoms with van der Waals surface area (Å²) >= 11 is 0. The second-order valence-electron chi connectivity index (χ2n) is 5.11. The Morgan fingerprint density at radius 3 is 2.52 bits per heavy atom. The van der Waals surface area contributed by atoms with Crippen molar-refractivity contribution in [3.05, 3.63) is 53.6 Å². The van der Waals surface area contributed by atoms with Crippen LogP contribution in [0.3, 0.4) is 0 Å². The number of amides is 1. The van der Waals surface area contributed by atoms with Crippen molar-refractivity contribution in [1.82, 2.24) is 14.5 Å². The lowest BCUT2D eigenvalue weighted by atomic mass is 10.2. The van der Waals surface area contributed by atoms with E-state index >= 15 is 0 Å². The molecule has 0 aromatic carbocycles. The topological polar surface area (TPSA) is 55.2 Å². The number of nitrogens with zero attached hydrogens (tertiary/aromatic N) is 3. The minimum Gasteiger partial charge on any atom is -0.346 e. The van der Waals surface area contributed by atoms with Crippen LogP contribution in [0.4, 0.5) is 0 Å². The lowest BCUT2D eigenvalue weighted by molar-refractivity contribution is 0.0787. The third-order valence-corrected chi connectivity index (χ3v) is 3.46. The van der Waals surface area contributed by atoms with E-state index in [1.54, 1.807) is 48.2 Å². The number of aryl methyl sites for hydroxylation is 1. The van der Waals surface area contributed by atoms with Crippen molar-refractivity contribution < 1.29 is 9.59 Å². The van der Waals surface area contributed by atoms with Crippen LogP contribution in [-0.4, -0.2) is 39.7 Å². The fourth-order valence-electron chi connectivity index (χ4n) is 2.11. The van der Waals surface area contributed by atoms with Crippen LogP contribution in [0, 0.1) is 0 Å². The molecule has 2 heterocycles. The third kappa shape index (κ3) is 3.56. The van der Waals surface area contributed by atoms with Crippen molar-refractivity contribution in [3.8, 4) is 0 Å². The quantitative estimate of drug-likeness (QED) is 0.789. The molecule has 0 atom stereocenters. The van der Waals surface area contributed by atoms with Crippen LogP contribution in [0.15, 0.2) is 36.8 Å². The first-order valence-corrected chi connectivity index (χ1v) is 6.80. The monoisotopic (exact) mass is 285 g/mol. The smallest absolute Gasteiger partial charge is 0.270 e. The lowest BCUT2D eigenvalue weighted by Crippen LogP contribution is -2.30. The Hall–Kier alpha value is -2.43. The van der Waals surface area contributed by atoms with Gasteiger partial charge in [0.05, 0.1) is 0 Å². The molecule has 0 aliphatic carbocycles. The van der Waals surface area contributed by atoms with Gasteiger partial charge in [-0.25, -0.2) is 0 Å². The predicted octanol–water partition coefficient (Wildman–Crippen LogP) is 1.94. The number of Topliss-reactive ketones (excluding diaryl/α,β-unsaturated/α-hetero) is 1. The van der Waals surface area contributed by atoms with Gasteiger partial charge in [-0.05, 0) is 37.1 Å². The van der Waals surface area contributed by atoms with E-state index in [4.69, 9.17) is 0 Å². The standard InChI is InChI=1S/C16H19N3O2/c1-12(20)14-10-15(19(3)11-14)16(21)18(2)9-6-13-4-7-17-8-5-13/h4-5,7-8,10-11H,6,9H2,1-3H3. The molecule has 2 aromatic heterocycles. The molecule has 0 aliphatic heterocycles. The van der Waals surface area contributed by atoms with Crippen LogP contribution in [0.25, 0.3) is 0 Å². The maximum absolute atomic E-state index is 12.4. The number of likely N-dealkylation sites (N-methyl/N-ethyl adjacent to an activating group) is 1. The number of pyridine rings is 1. The van der Waals surface area contributed by atoms with Gasteiger partial charge in [0.2, 0.25) is 0 Å². The maximum Gasteiger partial charge on any atom is 0.270 e. The normalized spacial score (nSPS) is 10.4. The first-order chi connectivity index (χ1) is 9.99. The summed E-state index contributed by atoms with van der Waals surface area (Å²) in [6, 6.07) is 5.52. The highest BCUT2D eigenvalue weighted by molar-refractivity contribution is 5.99. The Labute approximate surface area is 124 Å². The Kier molecular flexibility index (Phi) is 4.52. The van der Waals surface area contributed by atoms with Gasteiger partial charge in [0, 0.05) is 44.8 Å². The number of carbonyl (C=O) groups is 2. The van der Waals surface area contributed by atoms with Crippen molar-refractivity contribution in [2.24, 2.45) is 7.05 Å². The number of carbonyl (C=O) groups excluding carboxylic acids is 2. The lowest BCUT2D eigenvalue weighted by Gasteiger charge is -2.17. The van der Waals surface area contributed by atoms with E-state index in [0.29, 0.717) is 17.8 Å². The average Bonchev–Trinajstić information content (AvgIpc) is 2.87. The van der Waals surface area contributed by atoms with Gasteiger partial charge in [0.1, 0.15) is 5.69 Å². The summed E-state index contributed by atoms with van der Waals surface area (Å²) in [5.41, 5.74) is 2.22. The third-order valence-electron chi connectivity index (χ3n) is 3.46. The molecule has 1 amide bonds. The molecule has 0 radical (unpaired) electrons. The van der Waals surface area contributed by atoms with E-state index in [2.05, 4.69) is 4.98 Å². The largest absolute Gasteiger partial charge is 0.346 e. The Bertz CT molecular complexity index is 647. The molecular formula is C16H19N3O2. The van der Waals surface area contributed by atoms with Crippen LogP contribution in [-0.2, 0) is 13.5 Å². The number of rotatable bonds is 5. The summed E-state index contributed by atoms with van der Waals surface area (Å²) in [6.45, 7) is 2.11. The molecule has 0 bridgehead atoms. The average molecular weight is 285 g/mol. The number of aromatic nitrogens is 2. The summed E-state index contributed by atoms with van der Waals surface area (Å²) in [5, 5.41) is 0. The maximum atomic E-state index is 12.4. The number of ketones is 1. The second kappa shape index (κ2) is 6.35. The molecule has 2 rings (SSSR count). The second-order valence-corrected chi connectivity index (χ2v) is 5.11. The van der Waals surface area contributed by atoms with Crippen molar-refractivity contribution in [3.63, 3.8) is 0 Å². The van der Waals surface area contributed by atoms with Crippen molar-refractivity contribution >= 4 is 11.7 Å². The first kappa shape index (κ1) is 15.0. The van der Waals surface area contributed by atoms with E-state index in [0.717, 1.165) is 12.0 Å². The van der Waals surface area contributed by atoms with Gasteiger partial charge in [-0.15, -0.1) is 0 Å². The van der Waals surface area contributed by atoms with E-state index in [-0.39, 0.29) is 11.7 Å². The van der Waals surface area contributed by atoms with Crippen LogP contribution in [0.5, 0.6) is 0 Å². The zero-order chi connectivity index (χ0) is 15.4. The number of hydrogen-bond acceptors (Lipinski definition) is 3. The molecule has 0 aliphatic rings. The van der Waals surface area contributed by atoms with Gasteiger partial charge in [0.15, 0.2) is 5.78 Å².